The second-order valence-corrected chi connectivity index (χ2v) is 5.83. The summed E-state index contributed by atoms with van der Waals surface area (Å²) < 4.78 is 15.5. The molecule has 9 nitrogen and oxygen atoms in total. The third-order valence-electron chi connectivity index (χ3n) is 4.10. The predicted octanol–water partition coefficient (Wildman–Crippen LogP) is 2.99. The zero-order chi connectivity index (χ0) is 20.3. The Kier molecular flexibility index (Phi) is 5.84. The number of nitrogens with one attached hydrogen (secondary N) is 1. The van der Waals surface area contributed by atoms with Crippen LogP contribution in [0, 0.1) is 24.0 Å². The first-order valence-electron chi connectivity index (χ1n) is 8.02. The maximum Gasteiger partial charge on any atom is 0.339 e. The minimum absolute atomic E-state index is 0.0710. The van der Waals surface area contributed by atoms with Crippen LogP contribution in [0.5, 0.6) is 11.5 Å². The highest BCUT2D eigenvalue weighted by atomic mass is 16.6. The standard InChI is InChI=1S/C18H20N2O7/c1-9-15(18(22)26-5)10(2)19-16(9)17(21)11(3)27-14-8-12(20(23)24)6-7-13(14)25-4/h6-8,11,19H,1-5H3/t11-/m0/s1. The van der Waals surface area contributed by atoms with Crippen LogP contribution in [0.1, 0.15) is 39.0 Å². The van der Waals surface area contributed by atoms with Gasteiger partial charge in [0.15, 0.2) is 17.6 Å². The summed E-state index contributed by atoms with van der Waals surface area (Å²) >= 11 is 0. The number of ketones is 1. The molecular weight excluding hydrogens is 356 g/mol. The van der Waals surface area contributed by atoms with Crippen LogP contribution in [-0.4, -0.2) is 42.0 Å². The number of carbonyl (C=O) groups excluding carboxylic acids is 2. The van der Waals surface area contributed by atoms with Crippen LogP contribution in [0.2, 0.25) is 0 Å². The number of Topliss-reactive ketones (excluding diaryl/α,β-unsaturated/α-hetero) is 1. The molecular formula is C18H20N2O7. The molecule has 144 valence electrons. The molecule has 1 N–H and O–H groups in total. The third-order valence-corrected chi connectivity index (χ3v) is 4.10. The van der Waals surface area contributed by atoms with Crippen LogP contribution < -0.4 is 9.47 Å². The quantitative estimate of drug-likeness (QED) is 0.341. The van der Waals surface area contributed by atoms with Gasteiger partial charge in [0, 0.05) is 11.8 Å². The van der Waals surface area contributed by atoms with Gasteiger partial charge in [-0.3, -0.25) is 14.9 Å². The lowest BCUT2D eigenvalue weighted by Gasteiger charge is -2.16. The van der Waals surface area contributed by atoms with Gasteiger partial charge in [-0.15, -0.1) is 0 Å². The number of nitro groups is 1. The van der Waals surface area contributed by atoms with Gasteiger partial charge in [-0.1, -0.05) is 0 Å². The lowest BCUT2D eigenvalue weighted by atomic mass is 10.1. The molecule has 1 aromatic heterocycles. The van der Waals surface area contributed by atoms with E-state index in [2.05, 4.69) is 4.98 Å². The zero-order valence-corrected chi connectivity index (χ0v) is 15.6. The normalized spacial score (nSPS) is 11.6. The summed E-state index contributed by atoms with van der Waals surface area (Å²) in [5, 5.41) is 11.0. The number of ether oxygens (including phenoxy) is 3. The number of esters is 1. The highest BCUT2D eigenvalue weighted by Gasteiger charge is 2.27. The first kappa shape index (κ1) is 20.0. The highest BCUT2D eigenvalue weighted by Crippen LogP contribution is 2.32. The van der Waals surface area contributed by atoms with Crippen LogP contribution in [0.15, 0.2) is 18.2 Å². The number of methoxy groups -OCH3 is 2. The molecule has 1 heterocycles. The first-order chi connectivity index (χ1) is 12.7. The van der Waals surface area contributed by atoms with Gasteiger partial charge in [-0.25, -0.2) is 4.79 Å². The topological polar surface area (TPSA) is 121 Å². The Morgan fingerprint density at radius 1 is 1.19 bits per heavy atom. The number of non-ortho nitro benzene ring substituents is 1. The van der Waals surface area contributed by atoms with Crippen molar-refractivity contribution in [2.45, 2.75) is 26.9 Å². The average molecular weight is 376 g/mol. The fraction of sp³-hybridized carbons (Fsp3) is 0.333. The van der Waals surface area contributed by atoms with Gasteiger partial charge >= 0.3 is 5.97 Å². The van der Waals surface area contributed by atoms with Gasteiger partial charge in [0.05, 0.1) is 36.5 Å². The molecule has 27 heavy (non-hydrogen) atoms. The summed E-state index contributed by atoms with van der Waals surface area (Å²) in [7, 11) is 2.65. The summed E-state index contributed by atoms with van der Waals surface area (Å²) in [6.45, 7) is 4.79. The van der Waals surface area contributed by atoms with Gasteiger partial charge in [-0.05, 0) is 32.4 Å². The molecule has 0 spiro atoms. The molecule has 0 aliphatic rings. The van der Waals surface area contributed by atoms with Crippen LogP contribution in [0.25, 0.3) is 0 Å². The van der Waals surface area contributed by atoms with Crippen molar-refractivity contribution in [2.75, 3.05) is 14.2 Å². The van der Waals surface area contributed by atoms with Crippen LogP contribution in [-0.2, 0) is 4.74 Å². The molecule has 1 aromatic carbocycles. The molecule has 0 aliphatic carbocycles. The van der Waals surface area contributed by atoms with Crippen molar-refractivity contribution in [3.63, 3.8) is 0 Å². The van der Waals surface area contributed by atoms with Crippen molar-refractivity contribution in [2.24, 2.45) is 0 Å². The third kappa shape index (κ3) is 3.91. The van der Waals surface area contributed by atoms with Crippen molar-refractivity contribution in [1.82, 2.24) is 4.98 Å². The SMILES string of the molecule is COC(=O)c1c(C)[nH]c(C(=O)[C@H](C)Oc2cc([N+](=O)[O-])ccc2OC)c1C. The molecule has 0 aliphatic heterocycles. The van der Waals surface area contributed by atoms with Gasteiger partial charge in [0.25, 0.3) is 5.69 Å². The molecule has 1 atom stereocenters. The minimum Gasteiger partial charge on any atom is -0.493 e. The van der Waals surface area contributed by atoms with E-state index in [1.807, 2.05) is 0 Å². The predicted molar refractivity (Wildman–Crippen MR) is 95.7 cm³/mol. The molecule has 9 heteroatoms. The number of benzene rings is 1. The van der Waals surface area contributed by atoms with Crippen molar-refractivity contribution in [3.8, 4) is 11.5 Å². The molecule has 0 bridgehead atoms. The van der Waals surface area contributed by atoms with Crippen molar-refractivity contribution >= 4 is 17.4 Å². The molecule has 0 saturated heterocycles. The van der Waals surface area contributed by atoms with E-state index < -0.39 is 22.8 Å². The summed E-state index contributed by atoms with van der Waals surface area (Å²) in [4.78, 5) is 37.9. The van der Waals surface area contributed by atoms with Gasteiger partial charge in [0.1, 0.15) is 0 Å². The number of nitrogens with zero attached hydrogens (tertiary/aromatic N) is 1. The van der Waals surface area contributed by atoms with Crippen molar-refractivity contribution in [3.05, 3.63) is 50.8 Å². The van der Waals surface area contributed by atoms with Crippen molar-refractivity contribution < 1.29 is 28.7 Å². The lowest BCUT2D eigenvalue weighted by Crippen LogP contribution is -2.25. The van der Waals surface area contributed by atoms with E-state index in [1.54, 1.807) is 13.8 Å². The second kappa shape index (κ2) is 7.90. The Labute approximate surface area is 155 Å². The van der Waals surface area contributed by atoms with E-state index in [-0.39, 0.29) is 22.9 Å². The number of aryl methyl sites for hydroxylation is 1. The number of aromatic nitrogens is 1. The molecule has 2 rings (SSSR count). The van der Waals surface area contributed by atoms with E-state index >= 15 is 0 Å². The number of H-pyrrole nitrogens is 1. The van der Waals surface area contributed by atoms with Gasteiger partial charge in [0.2, 0.25) is 5.78 Å². The summed E-state index contributed by atoms with van der Waals surface area (Å²) in [5.41, 5.74) is 1.27. The van der Waals surface area contributed by atoms with E-state index in [1.165, 1.54) is 39.3 Å². The minimum atomic E-state index is -0.983. The molecule has 0 radical (unpaired) electrons. The van der Waals surface area contributed by atoms with Crippen LogP contribution in [0.4, 0.5) is 5.69 Å². The number of aromatic amines is 1. The zero-order valence-electron chi connectivity index (χ0n) is 15.6. The molecule has 0 unspecified atom stereocenters. The number of rotatable bonds is 7. The Balaban J connectivity index is 2.33. The average Bonchev–Trinajstić information content (AvgIpc) is 2.94. The van der Waals surface area contributed by atoms with E-state index in [4.69, 9.17) is 14.2 Å². The Hall–Kier alpha value is -3.36. The fourth-order valence-electron chi connectivity index (χ4n) is 2.72. The summed E-state index contributed by atoms with van der Waals surface area (Å²) in [5.74, 6) is -0.634. The summed E-state index contributed by atoms with van der Waals surface area (Å²) in [6.07, 6.45) is -0.983. The Morgan fingerprint density at radius 3 is 2.41 bits per heavy atom. The smallest absolute Gasteiger partial charge is 0.339 e. The number of carbonyl (C=O) groups is 2. The highest BCUT2D eigenvalue weighted by molar-refractivity contribution is 6.03. The maximum atomic E-state index is 12.8. The number of nitro benzene ring substituents is 1. The molecule has 0 fully saturated rings. The molecule has 2 aromatic rings. The maximum absolute atomic E-state index is 12.8. The monoisotopic (exact) mass is 376 g/mol. The first-order valence-corrected chi connectivity index (χ1v) is 8.02. The fourth-order valence-corrected chi connectivity index (χ4v) is 2.72. The van der Waals surface area contributed by atoms with Crippen LogP contribution in [0.3, 0.4) is 0 Å². The lowest BCUT2D eigenvalue weighted by molar-refractivity contribution is -0.385. The van der Waals surface area contributed by atoms with E-state index in [0.29, 0.717) is 16.8 Å². The second-order valence-electron chi connectivity index (χ2n) is 5.83. The van der Waals surface area contributed by atoms with Crippen LogP contribution >= 0.6 is 0 Å². The summed E-state index contributed by atoms with van der Waals surface area (Å²) in [6, 6.07) is 3.86. The van der Waals surface area contributed by atoms with E-state index in [9.17, 15) is 19.7 Å². The van der Waals surface area contributed by atoms with Crippen molar-refractivity contribution in [1.29, 1.82) is 0 Å². The largest absolute Gasteiger partial charge is 0.493 e. The number of hydrogen-bond donors (Lipinski definition) is 1. The van der Waals surface area contributed by atoms with E-state index in [0.717, 1.165) is 0 Å². The Bertz CT molecular complexity index is 901. The molecule has 0 amide bonds. The Morgan fingerprint density at radius 2 is 1.85 bits per heavy atom. The number of hydrogen-bond acceptors (Lipinski definition) is 7. The van der Waals surface area contributed by atoms with Gasteiger partial charge in [-0.2, -0.15) is 0 Å². The van der Waals surface area contributed by atoms with Gasteiger partial charge < -0.3 is 19.2 Å². The molecule has 0 saturated carbocycles.